The van der Waals surface area contributed by atoms with Gasteiger partial charge in [-0.1, -0.05) is 0 Å². The lowest BCUT2D eigenvalue weighted by Gasteiger charge is -1.97. The molecule has 0 aliphatic rings. The second-order valence-electron chi connectivity index (χ2n) is 4.05. The molecular formula is C13H13FN2O2. The number of hydrogen-bond donors (Lipinski definition) is 1. The highest BCUT2D eigenvalue weighted by Crippen LogP contribution is 2.19. The van der Waals surface area contributed by atoms with Gasteiger partial charge in [0, 0.05) is 25.2 Å². The van der Waals surface area contributed by atoms with Gasteiger partial charge in [-0.2, -0.15) is 0 Å². The van der Waals surface area contributed by atoms with E-state index in [1.165, 1.54) is 12.1 Å². The molecule has 0 aliphatic heterocycles. The monoisotopic (exact) mass is 248 g/mol. The average molecular weight is 248 g/mol. The summed E-state index contributed by atoms with van der Waals surface area (Å²) in [7, 11) is 1.82. The Morgan fingerprint density at radius 3 is 2.67 bits per heavy atom. The van der Waals surface area contributed by atoms with Crippen LogP contribution < -0.4 is 0 Å². The van der Waals surface area contributed by atoms with Gasteiger partial charge in [-0.15, -0.1) is 0 Å². The summed E-state index contributed by atoms with van der Waals surface area (Å²) in [6.45, 7) is 0. The second kappa shape index (κ2) is 5.00. The fraction of sp³-hybridized carbons (Fsp3) is 0.231. The molecule has 1 N–H and O–H groups in total. The Labute approximate surface area is 104 Å². The highest BCUT2D eigenvalue weighted by atomic mass is 19.1. The minimum atomic E-state index is -0.846. The lowest BCUT2D eigenvalue weighted by atomic mass is 10.2. The fourth-order valence-corrected chi connectivity index (χ4v) is 1.72. The van der Waals surface area contributed by atoms with Gasteiger partial charge in [0.1, 0.15) is 11.6 Å². The maximum atomic E-state index is 12.8. The van der Waals surface area contributed by atoms with Crippen LogP contribution in [0.3, 0.4) is 0 Å². The number of carboxylic acid groups (broad SMARTS) is 1. The van der Waals surface area contributed by atoms with E-state index in [9.17, 15) is 9.18 Å². The largest absolute Gasteiger partial charge is 0.481 e. The lowest BCUT2D eigenvalue weighted by Crippen LogP contribution is -2.02. The maximum absolute atomic E-state index is 12.8. The molecule has 0 saturated carbocycles. The number of carboxylic acids is 1. The minimum absolute atomic E-state index is 0.0493. The van der Waals surface area contributed by atoms with Gasteiger partial charge >= 0.3 is 5.97 Å². The van der Waals surface area contributed by atoms with Crippen molar-refractivity contribution in [2.75, 3.05) is 0 Å². The first-order valence-electron chi connectivity index (χ1n) is 5.56. The predicted octanol–water partition coefficient (Wildman–Crippen LogP) is 2.24. The van der Waals surface area contributed by atoms with Crippen LogP contribution in [0.5, 0.6) is 0 Å². The quantitative estimate of drug-likeness (QED) is 0.902. The molecule has 0 aliphatic carbocycles. The summed E-state index contributed by atoms with van der Waals surface area (Å²) >= 11 is 0. The number of halogens is 1. The fourth-order valence-electron chi connectivity index (χ4n) is 1.72. The summed E-state index contributed by atoms with van der Waals surface area (Å²) in [5.74, 6) is -0.432. The van der Waals surface area contributed by atoms with Crippen molar-refractivity contribution < 1.29 is 14.3 Å². The van der Waals surface area contributed by atoms with Crippen LogP contribution in [0.25, 0.3) is 11.3 Å². The van der Waals surface area contributed by atoms with Crippen LogP contribution in [0.1, 0.15) is 12.2 Å². The summed E-state index contributed by atoms with van der Waals surface area (Å²) in [4.78, 5) is 14.9. The van der Waals surface area contributed by atoms with Crippen molar-refractivity contribution in [2.24, 2.45) is 7.05 Å². The molecule has 18 heavy (non-hydrogen) atoms. The van der Waals surface area contributed by atoms with Gasteiger partial charge in [0.2, 0.25) is 0 Å². The topological polar surface area (TPSA) is 55.1 Å². The van der Waals surface area contributed by atoms with E-state index in [4.69, 9.17) is 5.11 Å². The van der Waals surface area contributed by atoms with Crippen molar-refractivity contribution in [1.29, 1.82) is 0 Å². The van der Waals surface area contributed by atoms with E-state index >= 15 is 0 Å². The molecule has 0 fully saturated rings. The molecular weight excluding hydrogens is 235 g/mol. The molecule has 94 valence electrons. The van der Waals surface area contributed by atoms with Gasteiger partial charge in [0.15, 0.2) is 0 Å². The number of hydrogen-bond acceptors (Lipinski definition) is 2. The molecule has 4 nitrogen and oxygen atoms in total. The van der Waals surface area contributed by atoms with E-state index in [0.29, 0.717) is 12.2 Å². The van der Waals surface area contributed by atoms with Crippen LogP contribution in [0.4, 0.5) is 4.39 Å². The number of rotatable bonds is 4. The number of benzene rings is 1. The van der Waals surface area contributed by atoms with Crippen LogP contribution in [-0.4, -0.2) is 20.6 Å². The molecule has 2 aromatic rings. The van der Waals surface area contributed by atoms with Crippen molar-refractivity contribution in [3.8, 4) is 11.3 Å². The molecule has 5 heteroatoms. The Bertz CT molecular complexity index is 561. The first-order valence-corrected chi connectivity index (χ1v) is 5.56. The zero-order valence-electron chi connectivity index (χ0n) is 9.93. The van der Waals surface area contributed by atoms with E-state index < -0.39 is 5.97 Å². The van der Waals surface area contributed by atoms with Crippen LogP contribution >= 0.6 is 0 Å². The highest BCUT2D eigenvalue weighted by molar-refractivity contribution is 5.67. The Kier molecular flexibility index (Phi) is 3.41. The summed E-state index contributed by atoms with van der Waals surface area (Å²) in [5.41, 5.74) is 1.53. The molecule has 0 unspecified atom stereocenters. The van der Waals surface area contributed by atoms with E-state index in [1.807, 2.05) is 13.2 Å². The predicted molar refractivity (Wildman–Crippen MR) is 64.6 cm³/mol. The Morgan fingerprint density at radius 1 is 1.39 bits per heavy atom. The van der Waals surface area contributed by atoms with Crippen LogP contribution in [0, 0.1) is 5.82 Å². The third kappa shape index (κ3) is 2.74. The van der Waals surface area contributed by atoms with Crippen molar-refractivity contribution in [3.05, 3.63) is 42.1 Å². The molecule has 1 aromatic carbocycles. The molecule has 1 heterocycles. The van der Waals surface area contributed by atoms with Crippen LogP contribution in [-0.2, 0) is 18.3 Å². The SMILES string of the molecule is Cn1cc(-c2ccc(F)cc2)nc1CCC(=O)O. The van der Waals surface area contributed by atoms with Gasteiger partial charge in [0.05, 0.1) is 12.1 Å². The molecule has 0 spiro atoms. The number of nitrogens with zero attached hydrogens (tertiary/aromatic N) is 2. The van der Waals surface area contributed by atoms with Gasteiger partial charge in [-0.3, -0.25) is 4.79 Å². The Hall–Kier alpha value is -2.17. The summed E-state index contributed by atoms with van der Waals surface area (Å²) < 4.78 is 14.6. The summed E-state index contributed by atoms with van der Waals surface area (Å²) in [6.07, 6.45) is 2.24. The number of imidazole rings is 1. The zero-order valence-corrected chi connectivity index (χ0v) is 9.93. The molecule has 0 amide bonds. The normalized spacial score (nSPS) is 10.6. The van der Waals surface area contributed by atoms with Gasteiger partial charge in [-0.05, 0) is 24.3 Å². The van der Waals surface area contributed by atoms with Crippen LogP contribution in [0.2, 0.25) is 0 Å². The van der Waals surface area contributed by atoms with Gasteiger partial charge in [0.25, 0.3) is 0 Å². The average Bonchev–Trinajstić information content (AvgIpc) is 2.69. The molecule has 1 aromatic heterocycles. The third-order valence-electron chi connectivity index (χ3n) is 2.68. The second-order valence-corrected chi connectivity index (χ2v) is 4.05. The number of carbonyl (C=O) groups is 1. The molecule has 0 radical (unpaired) electrons. The summed E-state index contributed by atoms with van der Waals surface area (Å²) in [6, 6.07) is 6.05. The lowest BCUT2D eigenvalue weighted by molar-refractivity contribution is -0.137. The molecule has 0 atom stereocenters. The first kappa shape index (κ1) is 12.3. The third-order valence-corrected chi connectivity index (χ3v) is 2.68. The maximum Gasteiger partial charge on any atom is 0.303 e. The van der Waals surface area contributed by atoms with E-state index in [1.54, 1.807) is 16.7 Å². The van der Waals surface area contributed by atoms with E-state index in [-0.39, 0.29) is 12.2 Å². The standard InChI is InChI=1S/C13H13FN2O2/c1-16-8-11(9-2-4-10(14)5-3-9)15-12(16)6-7-13(17)18/h2-5,8H,6-7H2,1H3,(H,17,18). The van der Waals surface area contributed by atoms with Crippen molar-refractivity contribution in [1.82, 2.24) is 9.55 Å². The smallest absolute Gasteiger partial charge is 0.303 e. The number of aliphatic carboxylic acids is 1. The molecule has 2 rings (SSSR count). The highest BCUT2D eigenvalue weighted by Gasteiger charge is 2.09. The minimum Gasteiger partial charge on any atom is -0.481 e. The summed E-state index contributed by atoms with van der Waals surface area (Å²) in [5, 5.41) is 8.64. The zero-order chi connectivity index (χ0) is 13.1. The van der Waals surface area contributed by atoms with Gasteiger partial charge < -0.3 is 9.67 Å². The van der Waals surface area contributed by atoms with Crippen molar-refractivity contribution in [3.63, 3.8) is 0 Å². The number of aryl methyl sites for hydroxylation is 2. The van der Waals surface area contributed by atoms with Crippen molar-refractivity contribution >= 4 is 5.97 Å². The molecule has 0 saturated heterocycles. The van der Waals surface area contributed by atoms with E-state index in [0.717, 1.165) is 11.3 Å². The Balaban J connectivity index is 2.22. The Morgan fingerprint density at radius 2 is 2.06 bits per heavy atom. The van der Waals surface area contributed by atoms with Crippen LogP contribution in [0.15, 0.2) is 30.5 Å². The van der Waals surface area contributed by atoms with Gasteiger partial charge in [-0.25, -0.2) is 9.37 Å². The first-order chi connectivity index (χ1) is 8.56. The van der Waals surface area contributed by atoms with E-state index in [2.05, 4.69) is 4.98 Å². The molecule has 0 bridgehead atoms. The number of aromatic nitrogens is 2. The van der Waals surface area contributed by atoms with Crippen molar-refractivity contribution in [2.45, 2.75) is 12.8 Å².